The fraction of sp³-hybridized carbons (Fsp3) is 0.393. The maximum absolute atomic E-state index is 13.9. The zero-order valence-electron chi connectivity index (χ0n) is 24.1. The second-order valence-corrected chi connectivity index (χ2v) is 10.2. The third-order valence-corrected chi connectivity index (χ3v) is 7.85. The first-order valence-corrected chi connectivity index (χ1v) is 13.9. The molecule has 4 aromatic rings. The molecule has 0 saturated heterocycles. The number of carbonyl (C=O) groups is 2. The van der Waals surface area contributed by atoms with Gasteiger partial charge in [-0.2, -0.15) is 5.10 Å². The van der Waals surface area contributed by atoms with Crippen molar-refractivity contribution < 1.29 is 28.6 Å². The van der Waals surface area contributed by atoms with Gasteiger partial charge in [0.15, 0.2) is 0 Å². The molecule has 42 heavy (non-hydrogen) atoms. The number of benzene rings is 1. The van der Waals surface area contributed by atoms with Crippen LogP contribution in [0.25, 0.3) is 15.2 Å². The van der Waals surface area contributed by atoms with Crippen LogP contribution in [0.1, 0.15) is 24.5 Å². The molecule has 0 radical (unpaired) electrons. The van der Waals surface area contributed by atoms with Crippen molar-refractivity contribution in [2.75, 3.05) is 34.4 Å². The van der Waals surface area contributed by atoms with Crippen LogP contribution < -0.4 is 16.0 Å². The van der Waals surface area contributed by atoms with Crippen molar-refractivity contribution in [1.29, 1.82) is 0 Å². The van der Waals surface area contributed by atoms with Crippen molar-refractivity contribution in [2.45, 2.75) is 39.8 Å². The standard InChI is InChI=1S/C24H26FN5O4S.C4H8O3/c1-5-27(3)19(31)14-29-21(32)20-15(2)22(30-11-6-10-26-30)35-23(20)28(24(29)33)12-9-16-13-17(25)7-8-18(16)34-4;1-7-3-2-4(5)6/h6-8,10-11,13H,5,9,12,14H2,1-4H3;2-3H2,1H3,(H,5,6). The van der Waals surface area contributed by atoms with Gasteiger partial charge in [-0.1, -0.05) is 11.3 Å². The molecular weight excluding hydrogens is 569 g/mol. The number of hydrogen-bond donors (Lipinski definition) is 1. The minimum atomic E-state index is -0.818. The molecule has 0 unspecified atom stereocenters. The third-order valence-electron chi connectivity index (χ3n) is 6.54. The van der Waals surface area contributed by atoms with Crippen LogP contribution in [-0.4, -0.2) is 75.2 Å². The summed E-state index contributed by atoms with van der Waals surface area (Å²) in [6, 6.07) is 5.98. The number of amides is 1. The maximum atomic E-state index is 13.9. The SMILES string of the molecule is CCN(C)C(=O)Cn1c(=O)c2c(C)c(-n3cccn3)sc2n(CCc2cc(F)ccc2OC)c1=O.COCCC(=O)O. The van der Waals surface area contributed by atoms with E-state index in [-0.39, 0.29) is 31.8 Å². The zero-order chi connectivity index (χ0) is 31.0. The second kappa shape index (κ2) is 14.5. The molecule has 1 N–H and O–H groups in total. The van der Waals surface area contributed by atoms with Crippen molar-refractivity contribution in [2.24, 2.45) is 0 Å². The first-order chi connectivity index (χ1) is 20.0. The molecule has 0 aliphatic heterocycles. The largest absolute Gasteiger partial charge is 0.496 e. The minimum absolute atomic E-state index is 0.0938. The molecule has 12 nitrogen and oxygen atoms in total. The van der Waals surface area contributed by atoms with Crippen LogP contribution in [0.2, 0.25) is 0 Å². The number of fused-ring (bicyclic) bond motifs is 1. The average molecular weight is 604 g/mol. The van der Waals surface area contributed by atoms with Crippen molar-refractivity contribution in [1.82, 2.24) is 23.8 Å². The predicted molar refractivity (Wildman–Crippen MR) is 156 cm³/mol. The van der Waals surface area contributed by atoms with Crippen molar-refractivity contribution in [3.63, 3.8) is 0 Å². The molecule has 1 amide bonds. The number of nitrogens with zero attached hydrogens (tertiary/aromatic N) is 5. The van der Waals surface area contributed by atoms with Crippen molar-refractivity contribution in [3.05, 3.63) is 74.4 Å². The van der Waals surface area contributed by atoms with E-state index in [1.54, 1.807) is 37.1 Å². The Morgan fingerprint density at radius 3 is 2.50 bits per heavy atom. The Labute approximate surface area is 245 Å². The Morgan fingerprint density at radius 1 is 1.19 bits per heavy atom. The molecule has 3 heterocycles. The highest BCUT2D eigenvalue weighted by Crippen LogP contribution is 2.31. The number of halogens is 1. The van der Waals surface area contributed by atoms with Crippen LogP contribution in [0.3, 0.4) is 0 Å². The number of thiophene rings is 1. The smallest absolute Gasteiger partial charge is 0.332 e. The number of carbonyl (C=O) groups excluding carboxylic acids is 1. The Balaban J connectivity index is 0.000000616. The van der Waals surface area contributed by atoms with Gasteiger partial charge >= 0.3 is 11.7 Å². The van der Waals surface area contributed by atoms with E-state index in [1.165, 1.54) is 53.2 Å². The summed E-state index contributed by atoms with van der Waals surface area (Å²) in [6.45, 7) is 4.15. The molecule has 226 valence electrons. The van der Waals surface area contributed by atoms with Gasteiger partial charge in [-0.25, -0.2) is 13.9 Å². The van der Waals surface area contributed by atoms with Crippen molar-refractivity contribution >= 4 is 33.4 Å². The van der Waals surface area contributed by atoms with E-state index in [0.717, 1.165) is 4.57 Å². The number of aryl methyl sites for hydroxylation is 3. The number of ether oxygens (including phenoxy) is 2. The number of rotatable bonds is 11. The first kappa shape index (κ1) is 32.2. The molecule has 0 aliphatic rings. The Morgan fingerprint density at radius 2 is 1.93 bits per heavy atom. The van der Waals surface area contributed by atoms with Crippen LogP contribution >= 0.6 is 11.3 Å². The van der Waals surface area contributed by atoms with Gasteiger partial charge in [-0.05, 0) is 50.1 Å². The molecule has 4 rings (SSSR count). The molecule has 0 atom stereocenters. The molecule has 0 saturated carbocycles. The molecule has 14 heteroatoms. The fourth-order valence-electron chi connectivity index (χ4n) is 4.12. The molecule has 1 aromatic carbocycles. The highest BCUT2D eigenvalue weighted by molar-refractivity contribution is 7.21. The minimum Gasteiger partial charge on any atom is -0.496 e. The lowest BCUT2D eigenvalue weighted by Gasteiger charge is -2.17. The van der Waals surface area contributed by atoms with Gasteiger partial charge in [0, 0.05) is 45.2 Å². The second-order valence-electron chi connectivity index (χ2n) is 9.24. The summed E-state index contributed by atoms with van der Waals surface area (Å²) in [5, 5.41) is 13.3. The number of likely N-dealkylation sites (N-methyl/N-ethyl adjacent to an activating group) is 1. The average Bonchev–Trinajstić information content (AvgIpc) is 3.62. The van der Waals surface area contributed by atoms with Crippen molar-refractivity contribution in [3.8, 4) is 10.8 Å². The molecule has 0 fully saturated rings. The number of hydrogen-bond acceptors (Lipinski definition) is 8. The molecular formula is C28H34FN5O7S. The lowest BCUT2D eigenvalue weighted by Crippen LogP contribution is -2.44. The van der Waals surface area contributed by atoms with E-state index in [1.807, 2.05) is 6.92 Å². The van der Waals surface area contributed by atoms with Crippen LogP contribution in [0.15, 0.2) is 46.2 Å². The van der Waals surface area contributed by atoms with Gasteiger partial charge in [0.05, 0.1) is 25.5 Å². The van der Waals surface area contributed by atoms with E-state index in [9.17, 15) is 23.6 Å². The molecule has 0 bridgehead atoms. The van der Waals surface area contributed by atoms with Crippen LogP contribution in [0.5, 0.6) is 5.75 Å². The van der Waals surface area contributed by atoms with Crippen LogP contribution in [0, 0.1) is 12.7 Å². The van der Waals surface area contributed by atoms with E-state index in [4.69, 9.17) is 9.84 Å². The van der Waals surface area contributed by atoms with E-state index in [2.05, 4.69) is 9.84 Å². The lowest BCUT2D eigenvalue weighted by atomic mass is 10.1. The van der Waals surface area contributed by atoms with Gasteiger partial charge < -0.3 is 19.5 Å². The van der Waals surface area contributed by atoms with Gasteiger partial charge in [0.1, 0.15) is 27.9 Å². The molecule has 0 spiro atoms. The number of aliphatic carboxylic acids is 1. The number of methoxy groups -OCH3 is 2. The van der Waals surface area contributed by atoms with Gasteiger partial charge in [-0.3, -0.25) is 23.5 Å². The quantitative estimate of drug-likeness (QED) is 0.276. The maximum Gasteiger partial charge on any atom is 0.332 e. The summed E-state index contributed by atoms with van der Waals surface area (Å²) in [5.41, 5.74) is 0.145. The summed E-state index contributed by atoms with van der Waals surface area (Å²) in [7, 11) is 4.59. The molecule has 3 aromatic heterocycles. The lowest BCUT2D eigenvalue weighted by molar-refractivity contribution is -0.138. The Hall–Kier alpha value is -4.30. The van der Waals surface area contributed by atoms with Crippen LogP contribution in [0.4, 0.5) is 4.39 Å². The summed E-state index contributed by atoms with van der Waals surface area (Å²) in [6.07, 6.45) is 3.77. The highest BCUT2D eigenvalue weighted by Gasteiger charge is 2.23. The van der Waals surface area contributed by atoms with Gasteiger partial charge in [0.25, 0.3) is 5.56 Å². The summed E-state index contributed by atoms with van der Waals surface area (Å²) >= 11 is 1.27. The highest BCUT2D eigenvalue weighted by atomic mass is 32.1. The number of carboxylic acids is 1. The van der Waals surface area contributed by atoms with Gasteiger partial charge in [-0.15, -0.1) is 0 Å². The normalized spacial score (nSPS) is 10.8. The number of aromatic nitrogens is 4. The summed E-state index contributed by atoms with van der Waals surface area (Å²) in [4.78, 5) is 51.2. The van der Waals surface area contributed by atoms with Gasteiger partial charge in [0.2, 0.25) is 5.91 Å². The third kappa shape index (κ3) is 7.31. The monoisotopic (exact) mass is 603 g/mol. The first-order valence-electron chi connectivity index (χ1n) is 13.1. The Kier molecular flexibility index (Phi) is 11.2. The summed E-state index contributed by atoms with van der Waals surface area (Å²) in [5.74, 6) is -1.07. The van der Waals surface area contributed by atoms with E-state index >= 15 is 0 Å². The van der Waals surface area contributed by atoms with Crippen LogP contribution in [-0.2, 0) is 33.8 Å². The molecule has 0 aliphatic carbocycles. The summed E-state index contributed by atoms with van der Waals surface area (Å²) < 4.78 is 27.8. The predicted octanol–water partition coefficient (Wildman–Crippen LogP) is 2.70. The number of carboxylic acid groups (broad SMARTS) is 1. The zero-order valence-corrected chi connectivity index (χ0v) is 24.9. The Bertz CT molecular complexity index is 1660. The topological polar surface area (TPSA) is 138 Å². The van der Waals surface area contributed by atoms with E-state index < -0.39 is 23.0 Å². The fourth-order valence-corrected chi connectivity index (χ4v) is 5.39. The van der Waals surface area contributed by atoms with E-state index in [0.29, 0.717) is 45.2 Å².